The van der Waals surface area contributed by atoms with E-state index in [-0.39, 0.29) is 5.54 Å². The molecule has 0 amide bonds. The molecule has 110 valence electrons. The molecule has 1 aliphatic heterocycles. The number of likely N-dealkylation sites (N-methyl/N-ethyl adjacent to an activating group) is 1. The second kappa shape index (κ2) is 5.18. The number of hydrogen-bond acceptors (Lipinski definition) is 4. The molecule has 0 radical (unpaired) electrons. The van der Waals surface area contributed by atoms with Crippen molar-refractivity contribution in [3.8, 4) is 0 Å². The van der Waals surface area contributed by atoms with E-state index in [1.54, 1.807) is 18.2 Å². The fraction of sp³-hybridized carbons (Fsp3) is 0.500. The van der Waals surface area contributed by atoms with E-state index in [4.69, 9.17) is 0 Å². The van der Waals surface area contributed by atoms with Crippen LogP contribution in [0.1, 0.15) is 26.3 Å². The number of nitrogens with one attached hydrogen (secondary N) is 1. The molecule has 0 fully saturated rings. The second-order valence-electron chi connectivity index (χ2n) is 5.98. The van der Waals surface area contributed by atoms with Gasteiger partial charge in [-0.3, -0.25) is 0 Å². The quantitative estimate of drug-likeness (QED) is 0.917. The maximum absolute atomic E-state index is 12.0. The van der Waals surface area contributed by atoms with E-state index in [1.807, 2.05) is 18.0 Å². The fourth-order valence-corrected chi connectivity index (χ4v) is 3.32. The van der Waals surface area contributed by atoms with Gasteiger partial charge in [-0.15, -0.1) is 4.40 Å². The fourth-order valence-electron chi connectivity index (χ4n) is 2.07. The van der Waals surface area contributed by atoms with E-state index in [1.165, 1.54) is 0 Å². The highest BCUT2D eigenvalue weighted by Gasteiger charge is 2.30. The van der Waals surface area contributed by atoms with E-state index in [2.05, 4.69) is 30.5 Å². The molecule has 20 heavy (non-hydrogen) atoms. The zero-order chi connectivity index (χ0) is 15.0. The average molecular weight is 295 g/mol. The van der Waals surface area contributed by atoms with Crippen LogP contribution in [0, 0.1) is 0 Å². The number of amidine groups is 1. The Bertz CT molecular complexity index is 630. The number of fused-ring (bicyclic) bond motifs is 1. The summed E-state index contributed by atoms with van der Waals surface area (Å²) in [7, 11) is -1.67. The Morgan fingerprint density at radius 2 is 1.90 bits per heavy atom. The molecule has 0 aromatic heterocycles. The van der Waals surface area contributed by atoms with Gasteiger partial charge in [-0.25, -0.2) is 0 Å². The summed E-state index contributed by atoms with van der Waals surface area (Å²) >= 11 is 0. The van der Waals surface area contributed by atoms with Gasteiger partial charge in [-0.2, -0.15) is 8.42 Å². The third-order valence-corrected chi connectivity index (χ3v) is 4.40. The van der Waals surface area contributed by atoms with Gasteiger partial charge >= 0.3 is 0 Å². The Balaban J connectivity index is 2.14. The molecule has 6 heteroatoms. The van der Waals surface area contributed by atoms with Crippen molar-refractivity contribution in [3.05, 3.63) is 29.8 Å². The summed E-state index contributed by atoms with van der Waals surface area (Å²) < 4.78 is 27.8. The lowest BCUT2D eigenvalue weighted by Gasteiger charge is -2.24. The van der Waals surface area contributed by atoms with Crippen LogP contribution in [-0.2, 0) is 10.0 Å². The first-order valence-electron chi connectivity index (χ1n) is 6.61. The molecule has 0 bridgehead atoms. The van der Waals surface area contributed by atoms with Crippen molar-refractivity contribution in [1.82, 2.24) is 10.2 Å². The molecule has 0 saturated heterocycles. The second-order valence-corrected chi connectivity index (χ2v) is 7.56. The Morgan fingerprint density at radius 3 is 2.55 bits per heavy atom. The third kappa shape index (κ3) is 3.19. The first-order chi connectivity index (χ1) is 9.21. The summed E-state index contributed by atoms with van der Waals surface area (Å²) in [5, 5.41) is 3.37. The van der Waals surface area contributed by atoms with Crippen molar-refractivity contribution in [2.75, 3.05) is 20.1 Å². The Labute approximate surface area is 120 Å². The lowest BCUT2D eigenvalue weighted by atomic mass is 10.1. The predicted molar refractivity (Wildman–Crippen MR) is 80.6 cm³/mol. The standard InChI is InChI=1S/C14H21N3O2S/c1-14(2,3)15-9-10-17(4)13-11-7-5-6-8-12(11)20(18,19)16-13/h5-8,15H,9-10H2,1-4H3. The van der Waals surface area contributed by atoms with Gasteiger partial charge in [0.2, 0.25) is 0 Å². The highest BCUT2D eigenvalue weighted by atomic mass is 32.2. The normalized spacial score (nSPS) is 16.7. The molecule has 1 N–H and O–H groups in total. The Kier molecular flexibility index (Phi) is 3.88. The molecular weight excluding hydrogens is 274 g/mol. The van der Waals surface area contributed by atoms with Gasteiger partial charge in [0.05, 0.1) is 0 Å². The van der Waals surface area contributed by atoms with Crippen molar-refractivity contribution >= 4 is 15.9 Å². The summed E-state index contributed by atoms with van der Waals surface area (Å²) in [6.07, 6.45) is 0. The van der Waals surface area contributed by atoms with Crippen LogP contribution in [0.2, 0.25) is 0 Å². The minimum absolute atomic E-state index is 0.0440. The molecule has 0 saturated carbocycles. The van der Waals surface area contributed by atoms with Gasteiger partial charge in [0.25, 0.3) is 10.0 Å². The molecule has 0 spiro atoms. The topological polar surface area (TPSA) is 61.8 Å². The van der Waals surface area contributed by atoms with E-state index in [0.717, 1.165) is 6.54 Å². The predicted octanol–water partition coefficient (Wildman–Crippen LogP) is 1.46. The van der Waals surface area contributed by atoms with Crippen LogP contribution < -0.4 is 5.32 Å². The SMILES string of the molecule is CN(CCNC(C)(C)C)C1=NS(=O)(=O)c2ccccc21. The Morgan fingerprint density at radius 1 is 1.25 bits per heavy atom. The number of nitrogens with zero attached hydrogens (tertiary/aromatic N) is 2. The molecule has 5 nitrogen and oxygen atoms in total. The first-order valence-corrected chi connectivity index (χ1v) is 8.05. The lowest BCUT2D eigenvalue weighted by molar-refractivity contribution is 0.391. The van der Waals surface area contributed by atoms with Crippen LogP contribution in [0.5, 0.6) is 0 Å². The summed E-state index contributed by atoms with van der Waals surface area (Å²) in [5.41, 5.74) is 0.730. The largest absolute Gasteiger partial charge is 0.357 e. The van der Waals surface area contributed by atoms with E-state index >= 15 is 0 Å². The number of sulfonamides is 1. The van der Waals surface area contributed by atoms with Crippen molar-refractivity contribution in [2.24, 2.45) is 4.40 Å². The summed E-state index contributed by atoms with van der Waals surface area (Å²) in [5.74, 6) is 0.524. The zero-order valence-electron chi connectivity index (χ0n) is 12.3. The third-order valence-electron chi connectivity index (χ3n) is 3.08. The molecule has 1 heterocycles. The van der Waals surface area contributed by atoms with Crippen LogP contribution in [0.3, 0.4) is 0 Å². The zero-order valence-corrected chi connectivity index (χ0v) is 13.2. The highest BCUT2D eigenvalue weighted by Crippen LogP contribution is 2.26. The van der Waals surface area contributed by atoms with Crippen LogP contribution in [-0.4, -0.2) is 44.8 Å². The molecule has 1 aromatic rings. The van der Waals surface area contributed by atoms with Gasteiger partial charge in [-0.1, -0.05) is 12.1 Å². The number of benzene rings is 1. The summed E-state index contributed by atoms with van der Waals surface area (Å²) in [6.45, 7) is 7.75. The summed E-state index contributed by atoms with van der Waals surface area (Å²) in [6, 6.07) is 6.95. The van der Waals surface area contributed by atoms with Crippen LogP contribution in [0.4, 0.5) is 0 Å². The smallest absolute Gasteiger partial charge is 0.285 e. The van der Waals surface area contributed by atoms with Gasteiger partial charge < -0.3 is 10.2 Å². The molecule has 1 aliphatic rings. The van der Waals surface area contributed by atoms with E-state index in [0.29, 0.717) is 22.8 Å². The maximum atomic E-state index is 12.0. The summed E-state index contributed by atoms with van der Waals surface area (Å²) in [4.78, 5) is 2.17. The van der Waals surface area contributed by atoms with Crippen molar-refractivity contribution in [1.29, 1.82) is 0 Å². The van der Waals surface area contributed by atoms with Gasteiger partial charge in [0.15, 0.2) is 5.84 Å². The Hall–Kier alpha value is -1.40. The molecule has 1 aromatic carbocycles. The van der Waals surface area contributed by atoms with E-state index < -0.39 is 10.0 Å². The van der Waals surface area contributed by atoms with Crippen molar-refractivity contribution in [2.45, 2.75) is 31.2 Å². The first kappa shape index (κ1) is 15.0. The average Bonchev–Trinajstić information content (AvgIpc) is 2.61. The minimum Gasteiger partial charge on any atom is -0.357 e. The molecular formula is C14H21N3O2S. The van der Waals surface area contributed by atoms with E-state index in [9.17, 15) is 8.42 Å². The van der Waals surface area contributed by atoms with Crippen LogP contribution in [0.25, 0.3) is 0 Å². The van der Waals surface area contributed by atoms with Crippen molar-refractivity contribution in [3.63, 3.8) is 0 Å². The molecule has 0 atom stereocenters. The molecule has 0 aliphatic carbocycles. The number of rotatable bonds is 3. The maximum Gasteiger partial charge on any atom is 0.285 e. The van der Waals surface area contributed by atoms with Crippen LogP contribution >= 0.6 is 0 Å². The monoisotopic (exact) mass is 295 g/mol. The highest BCUT2D eigenvalue weighted by molar-refractivity contribution is 7.90. The molecule has 2 rings (SSSR count). The van der Waals surface area contributed by atoms with Gasteiger partial charge in [0.1, 0.15) is 4.90 Å². The lowest BCUT2D eigenvalue weighted by Crippen LogP contribution is -2.41. The van der Waals surface area contributed by atoms with Crippen molar-refractivity contribution < 1.29 is 8.42 Å². The minimum atomic E-state index is -3.53. The van der Waals surface area contributed by atoms with Crippen LogP contribution in [0.15, 0.2) is 33.6 Å². The van der Waals surface area contributed by atoms with Gasteiger partial charge in [-0.05, 0) is 32.9 Å². The number of hydrogen-bond donors (Lipinski definition) is 1. The molecule has 0 unspecified atom stereocenters. The van der Waals surface area contributed by atoms with Gasteiger partial charge in [0, 0.05) is 31.2 Å².